The number of allylic oxidation sites excluding steroid dienone is 2. The number of hydrogen-bond donors (Lipinski definition) is 0. The van der Waals surface area contributed by atoms with Crippen LogP contribution in [0.2, 0.25) is 0 Å². The van der Waals surface area contributed by atoms with E-state index in [1.165, 1.54) is 60.8 Å². The standard InChI is InChI=1S/C35H47N3.C5H8.Fe/c1-7-9-11-13-22-32(37-34-26(3)18-15-19-27(34)4)30-24-17-25-31(36-30)33(23-14-12-10-8-2)38-35-28(5)20-16-21-29(35)6;1-4-5(2)3;/h15-21,24-25H,7-14,22-23H2,1-6H3;4H,1-2H2,3H3;. The first kappa shape index (κ1) is 39.0. The molecule has 3 nitrogen and oxygen atoms in total. The largest absolute Gasteiger partial charge is 0.251 e. The maximum absolute atomic E-state index is 5.24. The first-order valence-electron chi connectivity index (χ1n) is 16.2. The summed E-state index contributed by atoms with van der Waals surface area (Å²) in [6, 6.07) is 19.2. The van der Waals surface area contributed by atoms with Gasteiger partial charge in [0, 0.05) is 17.1 Å². The number of para-hydroxylation sites is 2. The van der Waals surface area contributed by atoms with Crippen LogP contribution in [0.15, 0.2) is 89.4 Å². The van der Waals surface area contributed by atoms with Gasteiger partial charge in [-0.25, -0.2) is 4.98 Å². The molecule has 0 spiro atoms. The third-order valence-corrected chi connectivity index (χ3v) is 7.60. The molecule has 0 saturated carbocycles. The number of pyridine rings is 1. The number of benzene rings is 2. The number of aryl methyl sites for hydroxylation is 4. The normalized spacial score (nSPS) is 11.3. The molecular formula is C40H55FeN3. The van der Waals surface area contributed by atoms with Crippen LogP contribution in [0.5, 0.6) is 0 Å². The van der Waals surface area contributed by atoms with Gasteiger partial charge in [-0.05, 0) is 94.7 Å². The summed E-state index contributed by atoms with van der Waals surface area (Å²) < 4.78 is 0. The van der Waals surface area contributed by atoms with E-state index in [1.54, 1.807) is 6.08 Å². The molecule has 0 saturated heterocycles. The minimum absolute atomic E-state index is 0. The molecule has 1 heterocycles. The number of unbranched alkanes of at least 4 members (excludes halogenated alkanes) is 6. The Kier molecular flexibility index (Phi) is 19.1. The molecule has 0 atom stereocenters. The summed E-state index contributed by atoms with van der Waals surface area (Å²) in [4.78, 5) is 15.7. The van der Waals surface area contributed by atoms with Gasteiger partial charge in [-0.15, -0.1) is 0 Å². The van der Waals surface area contributed by atoms with Crippen LogP contribution < -0.4 is 0 Å². The molecule has 3 rings (SSSR count). The summed E-state index contributed by atoms with van der Waals surface area (Å²) in [5.41, 5.74) is 12.1. The van der Waals surface area contributed by atoms with Crippen molar-refractivity contribution >= 4 is 22.8 Å². The predicted molar refractivity (Wildman–Crippen MR) is 191 cm³/mol. The average molecular weight is 634 g/mol. The van der Waals surface area contributed by atoms with Gasteiger partial charge in [-0.3, -0.25) is 9.98 Å². The van der Waals surface area contributed by atoms with E-state index in [2.05, 4.69) is 109 Å². The zero-order valence-electron chi connectivity index (χ0n) is 28.5. The van der Waals surface area contributed by atoms with Crippen molar-refractivity contribution < 1.29 is 17.1 Å². The molecule has 3 aromatic rings. The van der Waals surface area contributed by atoms with Crippen molar-refractivity contribution in [3.63, 3.8) is 0 Å². The third-order valence-electron chi connectivity index (χ3n) is 7.60. The van der Waals surface area contributed by atoms with Crippen molar-refractivity contribution in [2.45, 2.75) is 113 Å². The predicted octanol–water partition coefficient (Wildman–Crippen LogP) is 12.2. The fraction of sp³-hybridized carbons (Fsp3) is 0.425. The molecule has 0 N–H and O–H groups in total. The van der Waals surface area contributed by atoms with Crippen LogP contribution in [0.3, 0.4) is 0 Å². The summed E-state index contributed by atoms with van der Waals surface area (Å²) >= 11 is 0. The van der Waals surface area contributed by atoms with E-state index in [0.717, 1.165) is 65.4 Å². The molecule has 0 aliphatic rings. The van der Waals surface area contributed by atoms with Crippen LogP contribution >= 0.6 is 0 Å². The van der Waals surface area contributed by atoms with Gasteiger partial charge in [0.25, 0.3) is 0 Å². The van der Waals surface area contributed by atoms with Crippen molar-refractivity contribution in [1.29, 1.82) is 0 Å². The second-order valence-electron chi connectivity index (χ2n) is 11.7. The number of hydrogen-bond acceptors (Lipinski definition) is 3. The fourth-order valence-electron chi connectivity index (χ4n) is 4.91. The van der Waals surface area contributed by atoms with Crippen LogP contribution in [0.1, 0.15) is 119 Å². The Morgan fingerprint density at radius 3 is 1.30 bits per heavy atom. The van der Waals surface area contributed by atoms with E-state index in [4.69, 9.17) is 15.0 Å². The monoisotopic (exact) mass is 633 g/mol. The van der Waals surface area contributed by atoms with Gasteiger partial charge in [0.15, 0.2) is 0 Å². The molecule has 0 radical (unpaired) electrons. The summed E-state index contributed by atoms with van der Waals surface area (Å²) in [5, 5.41) is 0. The van der Waals surface area contributed by atoms with Crippen molar-refractivity contribution in [3.05, 3.63) is 113 Å². The molecule has 1 aromatic heterocycles. The Morgan fingerprint density at radius 2 is 0.977 bits per heavy atom. The third kappa shape index (κ3) is 13.3. The molecule has 4 heteroatoms. The van der Waals surface area contributed by atoms with Gasteiger partial charge in [0.1, 0.15) is 0 Å². The number of aromatic nitrogens is 1. The maximum Gasteiger partial charge on any atom is 0.0852 e. The molecule has 0 aliphatic carbocycles. The molecule has 44 heavy (non-hydrogen) atoms. The Hall–Kier alpha value is -3.07. The van der Waals surface area contributed by atoms with E-state index in [-0.39, 0.29) is 17.1 Å². The molecule has 0 amide bonds. The SMILES string of the molecule is C=CC(=C)C.CCCCCCC(=Nc1c(C)cccc1C)c1cccc(C(CCCCCC)=Nc2c(C)cccc2C)n1.[Fe]. The second kappa shape index (κ2) is 21.6. The molecule has 2 aromatic carbocycles. The van der Waals surface area contributed by atoms with Crippen LogP contribution in [0, 0.1) is 27.7 Å². The van der Waals surface area contributed by atoms with Crippen LogP contribution in [0.4, 0.5) is 11.4 Å². The van der Waals surface area contributed by atoms with Crippen LogP contribution in [-0.2, 0) is 17.1 Å². The zero-order chi connectivity index (χ0) is 31.6. The van der Waals surface area contributed by atoms with Gasteiger partial charge in [0.05, 0.1) is 34.2 Å². The minimum atomic E-state index is 0. The van der Waals surface area contributed by atoms with E-state index < -0.39 is 0 Å². The fourth-order valence-corrected chi connectivity index (χ4v) is 4.91. The summed E-state index contributed by atoms with van der Waals surface area (Å²) in [6.45, 7) is 22.0. The molecule has 0 aliphatic heterocycles. The topological polar surface area (TPSA) is 37.6 Å². The van der Waals surface area contributed by atoms with E-state index in [9.17, 15) is 0 Å². The number of aliphatic imine (C=N–C) groups is 2. The number of rotatable bonds is 15. The first-order chi connectivity index (χ1) is 20.7. The van der Waals surface area contributed by atoms with Gasteiger partial charge in [-0.2, -0.15) is 0 Å². The van der Waals surface area contributed by atoms with E-state index in [0.29, 0.717) is 0 Å². The van der Waals surface area contributed by atoms with Crippen molar-refractivity contribution in [2.24, 2.45) is 9.98 Å². The minimum Gasteiger partial charge on any atom is -0.251 e. The van der Waals surface area contributed by atoms with Gasteiger partial charge in [-0.1, -0.05) is 120 Å². The van der Waals surface area contributed by atoms with Crippen molar-refractivity contribution in [3.8, 4) is 0 Å². The van der Waals surface area contributed by atoms with Gasteiger partial charge >= 0.3 is 0 Å². The molecule has 0 unspecified atom stereocenters. The average Bonchev–Trinajstić information content (AvgIpc) is 2.99. The Morgan fingerprint density at radius 1 is 0.636 bits per heavy atom. The van der Waals surface area contributed by atoms with Crippen molar-refractivity contribution in [1.82, 2.24) is 4.98 Å². The smallest absolute Gasteiger partial charge is 0.0852 e. The Labute approximate surface area is 279 Å². The summed E-state index contributed by atoms with van der Waals surface area (Å²) in [7, 11) is 0. The molecule has 238 valence electrons. The van der Waals surface area contributed by atoms with Crippen LogP contribution in [0.25, 0.3) is 0 Å². The van der Waals surface area contributed by atoms with Gasteiger partial charge < -0.3 is 0 Å². The Balaban J connectivity index is 0.00000149. The van der Waals surface area contributed by atoms with E-state index >= 15 is 0 Å². The number of nitrogens with zero attached hydrogens (tertiary/aromatic N) is 3. The molecular weight excluding hydrogens is 578 g/mol. The quantitative estimate of drug-likeness (QED) is 0.0710. The summed E-state index contributed by atoms with van der Waals surface area (Å²) in [6.07, 6.45) is 13.3. The van der Waals surface area contributed by atoms with Crippen LogP contribution in [-0.4, -0.2) is 16.4 Å². The second-order valence-corrected chi connectivity index (χ2v) is 11.7. The Bertz CT molecular complexity index is 1250. The van der Waals surface area contributed by atoms with E-state index in [1.807, 2.05) is 6.92 Å². The van der Waals surface area contributed by atoms with Crippen molar-refractivity contribution in [2.75, 3.05) is 0 Å². The maximum atomic E-state index is 5.24. The van der Waals surface area contributed by atoms with Gasteiger partial charge in [0.2, 0.25) is 0 Å². The molecule has 0 bridgehead atoms. The zero-order valence-corrected chi connectivity index (χ0v) is 29.6. The first-order valence-corrected chi connectivity index (χ1v) is 16.2. The summed E-state index contributed by atoms with van der Waals surface area (Å²) in [5.74, 6) is 0. The molecule has 0 fully saturated rings.